The van der Waals surface area contributed by atoms with Crippen LogP contribution in [0, 0.1) is 17.2 Å². The lowest BCUT2D eigenvalue weighted by Crippen LogP contribution is -2.38. The van der Waals surface area contributed by atoms with Crippen LogP contribution in [0.15, 0.2) is 42.5 Å². The maximum absolute atomic E-state index is 12.9. The molecule has 1 aliphatic rings. The summed E-state index contributed by atoms with van der Waals surface area (Å²) in [4.78, 5) is 12.5. The fraction of sp³-hybridized carbons (Fsp3) is 0.364. The van der Waals surface area contributed by atoms with Crippen molar-refractivity contribution < 1.29 is 18.0 Å². The van der Waals surface area contributed by atoms with Crippen LogP contribution in [0.2, 0.25) is 5.02 Å². The highest BCUT2D eigenvalue weighted by Gasteiger charge is 2.32. The van der Waals surface area contributed by atoms with Crippen LogP contribution in [-0.4, -0.2) is 18.5 Å². The molecular weight excluding hydrogens is 415 g/mol. The monoisotopic (exact) mass is 435 g/mol. The lowest BCUT2D eigenvalue weighted by molar-refractivity contribution is -0.137. The molecule has 0 aliphatic heterocycles. The van der Waals surface area contributed by atoms with Crippen molar-refractivity contribution in [3.63, 3.8) is 0 Å². The molecule has 30 heavy (non-hydrogen) atoms. The predicted molar refractivity (Wildman–Crippen MR) is 109 cm³/mol. The minimum atomic E-state index is -4.53. The van der Waals surface area contributed by atoms with Gasteiger partial charge in [-0.15, -0.1) is 0 Å². The number of amides is 1. The quantitative estimate of drug-likeness (QED) is 0.639. The van der Waals surface area contributed by atoms with Crippen molar-refractivity contribution in [3.8, 4) is 6.07 Å². The molecule has 158 valence electrons. The minimum Gasteiger partial charge on any atom is -0.385 e. The Morgan fingerprint density at radius 1 is 1.13 bits per heavy atom. The first kappa shape index (κ1) is 22.0. The first-order chi connectivity index (χ1) is 14.3. The Kier molecular flexibility index (Phi) is 6.88. The van der Waals surface area contributed by atoms with Gasteiger partial charge in [-0.25, -0.2) is 0 Å². The van der Waals surface area contributed by atoms with Crippen molar-refractivity contribution in [2.24, 2.45) is 5.92 Å². The maximum Gasteiger partial charge on any atom is 0.416 e. The molecule has 8 heteroatoms. The molecule has 0 radical (unpaired) electrons. The summed E-state index contributed by atoms with van der Waals surface area (Å²) in [6, 6.07) is 12.0. The van der Waals surface area contributed by atoms with Crippen molar-refractivity contribution in [1.82, 2.24) is 5.32 Å². The molecule has 0 saturated heterocycles. The molecule has 2 N–H and O–H groups in total. The summed E-state index contributed by atoms with van der Waals surface area (Å²) in [6.07, 6.45) is -1.28. The number of carbonyl (C=O) groups is 1. The Morgan fingerprint density at radius 2 is 1.87 bits per heavy atom. The van der Waals surface area contributed by atoms with E-state index in [1.807, 2.05) is 12.1 Å². The molecular formula is C22H21ClF3N3O. The van der Waals surface area contributed by atoms with Gasteiger partial charge in [0.15, 0.2) is 0 Å². The second-order valence-corrected chi connectivity index (χ2v) is 7.86. The first-order valence-corrected chi connectivity index (χ1v) is 10.1. The number of hydrogen-bond acceptors (Lipinski definition) is 3. The highest BCUT2D eigenvalue weighted by molar-refractivity contribution is 6.33. The van der Waals surface area contributed by atoms with E-state index in [1.54, 1.807) is 12.1 Å². The molecule has 0 spiro atoms. The number of nitriles is 1. The van der Waals surface area contributed by atoms with Crippen LogP contribution < -0.4 is 10.6 Å². The zero-order valence-electron chi connectivity index (χ0n) is 16.1. The molecule has 0 unspecified atom stereocenters. The molecule has 1 fully saturated rings. The summed E-state index contributed by atoms with van der Waals surface area (Å²) in [5, 5.41) is 15.1. The van der Waals surface area contributed by atoms with Crippen LogP contribution >= 0.6 is 11.6 Å². The fourth-order valence-corrected chi connectivity index (χ4v) is 3.81. The summed E-state index contributed by atoms with van der Waals surface area (Å²) >= 11 is 5.95. The van der Waals surface area contributed by atoms with E-state index in [2.05, 4.69) is 16.7 Å². The van der Waals surface area contributed by atoms with Gasteiger partial charge in [0.25, 0.3) is 5.91 Å². The van der Waals surface area contributed by atoms with Gasteiger partial charge in [0.2, 0.25) is 0 Å². The van der Waals surface area contributed by atoms with Gasteiger partial charge < -0.3 is 10.6 Å². The number of carbonyl (C=O) groups excluding carboxylic acids is 1. The Labute approximate surface area is 178 Å². The van der Waals surface area contributed by atoms with E-state index in [0.717, 1.165) is 56.1 Å². The van der Waals surface area contributed by atoms with Crippen molar-refractivity contribution in [3.05, 3.63) is 64.2 Å². The Bertz CT molecular complexity index is 947. The Morgan fingerprint density at radius 3 is 2.53 bits per heavy atom. The van der Waals surface area contributed by atoms with Gasteiger partial charge in [0.1, 0.15) is 0 Å². The molecule has 3 rings (SSSR count). The van der Waals surface area contributed by atoms with Crippen molar-refractivity contribution in [2.45, 2.75) is 37.9 Å². The van der Waals surface area contributed by atoms with E-state index in [9.17, 15) is 18.0 Å². The van der Waals surface area contributed by atoms with Crippen LogP contribution in [0.5, 0.6) is 0 Å². The van der Waals surface area contributed by atoms with Crippen LogP contribution in [-0.2, 0) is 6.18 Å². The predicted octanol–water partition coefficient (Wildman–Crippen LogP) is 5.63. The Hall–Kier alpha value is -2.72. The Balaban J connectivity index is 1.51. The largest absolute Gasteiger partial charge is 0.416 e. The third-order valence-corrected chi connectivity index (χ3v) is 5.64. The number of alkyl halides is 3. The second-order valence-electron chi connectivity index (χ2n) is 7.46. The number of halogens is 4. The molecule has 2 aromatic carbocycles. The smallest absolute Gasteiger partial charge is 0.385 e. The van der Waals surface area contributed by atoms with Gasteiger partial charge in [-0.2, -0.15) is 18.4 Å². The van der Waals surface area contributed by atoms with Crippen molar-refractivity contribution >= 4 is 23.2 Å². The molecule has 1 amide bonds. The van der Waals surface area contributed by atoms with Crippen LogP contribution in [0.3, 0.4) is 0 Å². The minimum absolute atomic E-state index is 0.00187. The molecule has 0 heterocycles. The maximum atomic E-state index is 12.9. The van der Waals surface area contributed by atoms with Gasteiger partial charge in [-0.05, 0) is 68.0 Å². The standard InChI is InChI=1S/C22H21ClF3N3O/c23-20-9-6-16(22(24,25)26)11-19(20)21(30)29-17-7-4-14(5-8-17)13-28-18-3-1-2-15(10-18)12-27/h1-3,6,9-11,14,17,28H,4-5,7-8,13H2,(H,29,30). The third-order valence-electron chi connectivity index (χ3n) is 5.31. The van der Waals surface area contributed by atoms with Crippen LogP contribution in [0.4, 0.5) is 18.9 Å². The number of hydrogen-bond donors (Lipinski definition) is 2. The van der Waals surface area contributed by atoms with Gasteiger partial charge >= 0.3 is 6.18 Å². The van der Waals surface area contributed by atoms with Crippen LogP contribution in [0.25, 0.3) is 0 Å². The normalized spacial score (nSPS) is 19.0. The fourth-order valence-electron chi connectivity index (χ4n) is 3.61. The summed E-state index contributed by atoms with van der Waals surface area (Å²) in [5.41, 5.74) is 0.434. The van der Waals surface area contributed by atoms with Gasteiger partial charge in [0, 0.05) is 18.3 Å². The van der Waals surface area contributed by atoms with E-state index < -0.39 is 17.6 Å². The average molecular weight is 436 g/mol. The highest BCUT2D eigenvalue weighted by atomic mass is 35.5. The number of nitrogens with zero attached hydrogens (tertiary/aromatic N) is 1. The topological polar surface area (TPSA) is 64.9 Å². The molecule has 0 atom stereocenters. The van der Waals surface area contributed by atoms with Crippen molar-refractivity contribution in [1.29, 1.82) is 5.26 Å². The second kappa shape index (κ2) is 9.40. The summed E-state index contributed by atoms with van der Waals surface area (Å²) in [6.45, 7) is 0.759. The first-order valence-electron chi connectivity index (χ1n) is 9.68. The van der Waals surface area contributed by atoms with Gasteiger partial charge in [0.05, 0.1) is 27.8 Å². The molecule has 1 saturated carbocycles. The zero-order chi connectivity index (χ0) is 21.7. The highest BCUT2D eigenvalue weighted by Crippen LogP contribution is 2.32. The number of rotatable bonds is 5. The molecule has 0 aromatic heterocycles. The zero-order valence-corrected chi connectivity index (χ0v) is 16.9. The number of anilines is 1. The lowest BCUT2D eigenvalue weighted by Gasteiger charge is -2.29. The molecule has 4 nitrogen and oxygen atoms in total. The van der Waals surface area contributed by atoms with Gasteiger partial charge in [-0.3, -0.25) is 4.79 Å². The summed E-state index contributed by atoms with van der Waals surface area (Å²) in [5.74, 6) is -0.165. The SMILES string of the molecule is N#Cc1cccc(NCC2CCC(NC(=O)c3cc(C(F)(F)F)ccc3Cl)CC2)c1. The number of benzene rings is 2. The van der Waals surface area contributed by atoms with E-state index >= 15 is 0 Å². The van der Waals surface area contributed by atoms with Gasteiger partial charge in [-0.1, -0.05) is 17.7 Å². The van der Waals surface area contributed by atoms with E-state index in [0.29, 0.717) is 11.5 Å². The summed E-state index contributed by atoms with van der Waals surface area (Å²) in [7, 11) is 0. The molecule has 2 aromatic rings. The van der Waals surface area contributed by atoms with E-state index in [1.165, 1.54) is 0 Å². The number of nitrogens with one attached hydrogen (secondary N) is 2. The summed E-state index contributed by atoms with van der Waals surface area (Å²) < 4.78 is 38.7. The molecule has 0 bridgehead atoms. The van der Waals surface area contributed by atoms with E-state index in [-0.39, 0.29) is 16.6 Å². The average Bonchev–Trinajstić information content (AvgIpc) is 2.73. The molecule has 1 aliphatic carbocycles. The van der Waals surface area contributed by atoms with E-state index in [4.69, 9.17) is 16.9 Å². The third kappa shape index (κ3) is 5.67. The van der Waals surface area contributed by atoms with Crippen molar-refractivity contribution in [2.75, 3.05) is 11.9 Å². The van der Waals surface area contributed by atoms with Crippen LogP contribution in [0.1, 0.15) is 47.2 Å². The lowest BCUT2D eigenvalue weighted by atomic mass is 9.86.